The molecule has 1 aromatic heterocycles. The van der Waals surface area contributed by atoms with Gasteiger partial charge in [-0.1, -0.05) is 19.1 Å². The summed E-state index contributed by atoms with van der Waals surface area (Å²) in [7, 11) is -3.44. The third-order valence-corrected chi connectivity index (χ3v) is 4.94. The van der Waals surface area contributed by atoms with Gasteiger partial charge in [-0.3, -0.25) is 5.01 Å². The van der Waals surface area contributed by atoms with E-state index in [1.54, 1.807) is 11.2 Å². The lowest BCUT2D eigenvalue weighted by Gasteiger charge is -2.31. The summed E-state index contributed by atoms with van der Waals surface area (Å²) in [6.45, 7) is 4.06. The average molecular weight is 376 g/mol. The van der Waals surface area contributed by atoms with E-state index in [1.165, 1.54) is 0 Å². The summed E-state index contributed by atoms with van der Waals surface area (Å²) >= 11 is 0. The molecule has 7 nitrogen and oxygen atoms in total. The van der Waals surface area contributed by atoms with E-state index >= 15 is 0 Å². The molecule has 2 heterocycles. The highest BCUT2D eigenvalue weighted by Crippen LogP contribution is 2.44. The van der Waals surface area contributed by atoms with Gasteiger partial charge in [-0.15, -0.1) is 4.83 Å². The van der Waals surface area contributed by atoms with Crippen molar-refractivity contribution in [1.29, 1.82) is 0 Å². The average Bonchev–Trinajstić information content (AvgIpc) is 2.89. The number of nitrogens with zero attached hydrogens (tertiary/aromatic N) is 3. The minimum absolute atomic E-state index is 0.107. The van der Waals surface area contributed by atoms with E-state index in [0.717, 1.165) is 34.6 Å². The molecule has 1 unspecified atom stereocenters. The van der Waals surface area contributed by atoms with Gasteiger partial charge in [0.2, 0.25) is 10.0 Å². The summed E-state index contributed by atoms with van der Waals surface area (Å²) in [6.07, 6.45) is 3.95. The summed E-state index contributed by atoms with van der Waals surface area (Å²) in [5, 5.41) is 10.8. The third kappa shape index (κ3) is 3.53. The highest BCUT2D eigenvalue weighted by Gasteiger charge is 2.39. The fourth-order valence-corrected chi connectivity index (χ4v) is 3.88. The fourth-order valence-electron chi connectivity index (χ4n) is 3.31. The normalized spacial score (nSPS) is 16.8. The van der Waals surface area contributed by atoms with Crippen molar-refractivity contribution < 1.29 is 13.5 Å². The Labute approximate surface area is 154 Å². The Morgan fingerprint density at radius 3 is 2.50 bits per heavy atom. The third-order valence-electron chi connectivity index (χ3n) is 4.42. The second-order valence-corrected chi connectivity index (χ2v) is 8.16. The Morgan fingerprint density at radius 1 is 1.23 bits per heavy atom. The van der Waals surface area contributed by atoms with Gasteiger partial charge in [0.25, 0.3) is 0 Å². The standard InChI is InChI=1S/C18H24N4O3S/c1-4-16-21(15-7-5-14(6-8-15)10-12-23)18-17(13(2)9-11-19-18)22(16)20-26(3,24)25/h5-9,11,16,20,23H,4,10,12H2,1-3H3. The number of fused-ring (bicyclic) bond motifs is 1. The van der Waals surface area contributed by atoms with Gasteiger partial charge in [-0.05, 0) is 49.1 Å². The second kappa shape index (κ2) is 7.22. The van der Waals surface area contributed by atoms with Crippen molar-refractivity contribution in [2.75, 3.05) is 22.8 Å². The first-order chi connectivity index (χ1) is 12.4. The Balaban J connectivity index is 2.09. The second-order valence-electron chi connectivity index (χ2n) is 6.43. The molecule has 3 rings (SSSR count). The summed E-state index contributed by atoms with van der Waals surface area (Å²) in [5.41, 5.74) is 3.69. The summed E-state index contributed by atoms with van der Waals surface area (Å²) < 4.78 is 23.8. The van der Waals surface area contributed by atoms with Gasteiger partial charge in [0, 0.05) is 18.5 Å². The number of hydrazine groups is 1. The monoisotopic (exact) mass is 376 g/mol. The maximum atomic E-state index is 11.9. The van der Waals surface area contributed by atoms with Crippen LogP contribution in [0, 0.1) is 6.92 Å². The van der Waals surface area contributed by atoms with Crippen molar-refractivity contribution in [2.45, 2.75) is 32.9 Å². The molecular formula is C18H24N4O3S. The molecule has 2 N–H and O–H groups in total. The molecule has 8 heteroatoms. The van der Waals surface area contributed by atoms with Crippen molar-refractivity contribution in [3.8, 4) is 0 Å². The number of anilines is 3. The van der Waals surface area contributed by atoms with E-state index in [0.29, 0.717) is 12.8 Å². The molecular weight excluding hydrogens is 352 g/mol. The Bertz CT molecular complexity index is 884. The van der Waals surface area contributed by atoms with Gasteiger partial charge in [0.15, 0.2) is 5.82 Å². The first kappa shape index (κ1) is 18.6. The number of sulfonamides is 1. The van der Waals surface area contributed by atoms with Crippen LogP contribution >= 0.6 is 0 Å². The largest absolute Gasteiger partial charge is 0.396 e. The molecule has 1 aliphatic rings. The van der Waals surface area contributed by atoms with Crippen LogP contribution in [0.4, 0.5) is 17.2 Å². The lowest BCUT2D eigenvalue weighted by atomic mass is 10.1. The molecule has 0 radical (unpaired) electrons. The van der Waals surface area contributed by atoms with Crippen LogP contribution in [0.15, 0.2) is 36.5 Å². The number of aryl methyl sites for hydroxylation is 1. The van der Waals surface area contributed by atoms with Crippen LogP contribution < -0.4 is 14.7 Å². The van der Waals surface area contributed by atoms with Crippen LogP contribution in [0.2, 0.25) is 0 Å². The maximum Gasteiger partial charge on any atom is 0.225 e. The molecule has 0 fully saturated rings. The topological polar surface area (TPSA) is 85.8 Å². The molecule has 2 aromatic rings. The van der Waals surface area contributed by atoms with Crippen LogP contribution in [-0.2, 0) is 16.4 Å². The van der Waals surface area contributed by atoms with Crippen LogP contribution in [0.3, 0.4) is 0 Å². The molecule has 0 saturated heterocycles. The van der Waals surface area contributed by atoms with Crippen LogP contribution in [-0.4, -0.2) is 37.5 Å². The van der Waals surface area contributed by atoms with Crippen LogP contribution in [0.1, 0.15) is 24.5 Å². The lowest BCUT2D eigenvalue weighted by molar-refractivity contribution is 0.299. The number of hydrogen-bond acceptors (Lipinski definition) is 6. The van der Waals surface area contributed by atoms with Crippen molar-refractivity contribution >= 4 is 27.2 Å². The van der Waals surface area contributed by atoms with Gasteiger partial charge >= 0.3 is 0 Å². The van der Waals surface area contributed by atoms with Gasteiger partial charge in [0.05, 0.1) is 6.26 Å². The molecule has 26 heavy (non-hydrogen) atoms. The van der Waals surface area contributed by atoms with E-state index in [9.17, 15) is 8.42 Å². The number of nitrogens with one attached hydrogen (secondary N) is 1. The zero-order valence-corrected chi connectivity index (χ0v) is 16.0. The van der Waals surface area contributed by atoms with E-state index in [-0.39, 0.29) is 12.8 Å². The minimum atomic E-state index is -3.44. The van der Waals surface area contributed by atoms with Crippen molar-refractivity contribution in [2.24, 2.45) is 0 Å². The van der Waals surface area contributed by atoms with E-state index < -0.39 is 10.0 Å². The molecule has 0 saturated carbocycles. The van der Waals surface area contributed by atoms with Gasteiger partial charge in [0.1, 0.15) is 11.9 Å². The quantitative estimate of drug-likeness (QED) is 0.803. The smallest absolute Gasteiger partial charge is 0.225 e. The zero-order chi connectivity index (χ0) is 18.9. The molecule has 1 aliphatic heterocycles. The van der Waals surface area contributed by atoms with Crippen LogP contribution in [0.25, 0.3) is 0 Å². The number of benzene rings is 1. The van der Waals surface area contributed by atoms with E-state index in [1.807, 2.05) is 49.1 Å². The number of aromatic nitrogens is 1. The number of rotatable bonds is 6. The summed E-state index contributed by atoms with van der Waals surface area (Å²) in [6, 6.07) is 9.77. The Morgan fingerprint density at radius 2 is 1.92 bits per heavy atom. The van der Waals surface area contributed by atoms with Gasteiger partial charge < -0.3 is 10.0 Å². The first-order valence-corrected chi connectivity index (χ1v) is 10.5. The Kier molecular flexibility index (Phi) is 5.17. The van der Waals surface area contributed by atoms with Crippen LogP contribution in [0.5, 0.6) is 0 Å². The molecule has 0 amide bonds. The SMILES string of the molecule is CCC1N(NS(C)(=O)=O)c2c(C)ccnc2N1c1ccc(CCO)cc1. The van der Waals surface area contributed by atoms with Crippen molar-refractivity contribution in [3.05, 3.63) is 47.7 Å². The van der Waals surface area contributed by atoms with Gasteiger partial charge in [-0.2, -0.15) is 0 Å². The Hall–Kier alpha value is -2.16. The molecule has 0 bridgehead atoms. The fraction of sp³-hybridized carbons (Fsp3) is 0.389. The van der Waals surface area contributed by atoms with Crippen molar-refractivity contribution in [1.82, 2.24) is 9.82 Å². The molecule has 140 valence electrons. The summed E-state index contributed by atoms with van der Waals surface area (Å²) in [4.78, 5) is 9.21. The predicted molar refractivity (Wildman–Crippen MR) is 103 cm³/mol. The maximum absolute atomic E-state index is 11.9. The van der Waals surface area contributed by atoms with Crippen molar-refractivity contribution in [3.63, 3.8) is 0 Å². The van der Waals surface area contributed by atoms with Gasteiger partial charge in [-0.25, -0.2) is 13.4 Å². The zero-order valence-electron chi connectivity index (χ0n) is 15.2. The number of hydrogen-bond donors (Lipinski definition) is 2. The first-order valence-electron chi connectivity index (χ1n) is 8.57. The van der Waals surface area contributed by atoms with E-state index in [2.05, 4.69) is 9.82 Å². The number of pyridine rings is 1. The molecule has 1 atom stereocenters. The lowest BCUT2D eigenvalue weighted by Crippen LogP contribution is -2.50. The highest BCUT2D eigenvalue weighted by molar-refractivity contribution is 7.88. The predicted octanol–water partition coefficient (Wildman–Crippen LogP) is 2.08. The number of aliphatic hydroxyl groups excluding tert-OH is 1. The van der Waals surface area contributed by atoms with E-state index in [4.69, 9.17) is 5.11 Å². The number of aliphatic hydroxyl groups is 1. The summed E-state index contributed by atoms with van der Waals surface area (Å²) in [5.74, 6) is 0.725. The minimum Gasteiger partial charge on any atom is -0.396 e. The molecule has 1 aromatic carbocycles. The molecule has 0 spiro atoms. The molecule has 0 aliphatic carbocycles. The highest BCUT2D eigenvalue weighted by atomic mass is 32.2.